The second-order valence-electron chi connectivity index (χ2n) is 4.91. The summed E-state index contributed by atoms with van der Waals surface area (Å²) in [4.78, 5) is 11.5. The number of hydrogen-bond acceptors (Lipinski definition) is 5. The summed E-state index contributed by atoms with van der Waals surface area (Å²) >= 11 is 0. The number of sulfonamides is 1. The molecular weight excluding hydrogens is 282 g/mol. The lowest BCUT2D eigenvalue weighted by Gasteiger charge is -2.23. The summed E-state index contributed by atoms with van der Waals surface area (Å²) in [7, 11) is -4.36. The Morgan fingerprint density at radius 2 is 2.05 bits per heavy atom. The van der Waals surface area contributed by atoms with Gasteiger partial charge < -0.3 is 10.4 Å². The topological polar surface area (TPSA) is 95.5 Å². The van der Waals surface area contributed by atoms with Gasteiger partial charge in [-0.05, 0) is 19.3 Å². The zero-order valence-corrected chi connectivity index (χ0v) is 10.9. The lowest BCUT2D eigenvalue weighted by molar-refractivity contribution is -0.113. The van der Waals surface area contributed by atoms with E-state index in [0.29, 0.717) is 12.8 Å². The van der Waals surface area contributed by atoms with E-state index < -0.39 is 45.7 Å². The van der Waals surface area contributed by atoms with E-state index in [-0.39, 0.29) is 13.0 Å². The number of nitrogens with one attached hydrogen (secondary N) is 2. The highest BCUT2D eigenvalue weighted by Gasteiger charge is 2.54. The fourth-order valence-electron chi connectivity index (χ4n) is 2.10. The van der Waals surface area contributed by atoms with Crippen molar-refractivity contribution in [2.45, 2.75) is 37.3 Å². The summed E-state index contributed by atoms with van der Waals surface area (Å²) in [6, 6.07) is -2.95. The quantitative estimate of drug-likeness (QED) is 0.618. The van der Waals surface area contributed by atoms with Crippen LogP contribution in [0.1, 0.15) is 19.3 Å². The number of hydrogen-bond donors (Lipinski definition) is 3. The molecule has 0 radical (unpaired) electrons. The highest BCUT2D eigenvalue weighted by molar-refractivity contribution is 8.04. The molecule has 0 unspecified atom stereocenters. The van der Waals surface area contributed by atoms with Gasteiger partial charge in [0, 0.05) is 19.1 Å². The van der Waals surface area contributed by atoms with Crippen molar-refractivity contribution in [1.82, 2.24) is 10.0 Å². The number of aliphatic hydroxyl groups excluding tert-OH is 1. The summed E-state index contributed by atoms with van der Waals surface area (Å²) in [5.41, 5.74) is 0. The molecule has 0 aromatic heterocycles. The summed E-state index contributed by atoms with van der Waals surface area (Å²) in [5.74, 6) is -3.88. The zero-order chi connectivity index (χ0) is 14.3. The smallest absolute Gasteiger partial charge is 0.280 e. The van der Waals surface area contributed by atoms with E-state index >= 15 is 0 Å². The number of alkyl halides is 2. The average Bonchev–Trinajstić information content (AvgIpc) is 3.11. The maximum absolute atomic E-state index is 13.9. The van der Waals surface area contributed by atoms with E-state index in [2.05, 4.69) is 5.32 Å². The Kier molecular flexibility index (Phi) is 3.92. The second kappa shape index (κ2) is 5.04. The first-order valence-corrected chi connectivity index (χ1v) is 7.55. The van der Waals surface area contributed by atoms with Crippen molar-refractivity contribution in [3.8, 4) is 0 Å². The van der Waals surface area contributed by atoms with Crippen LogP contribution in [0.3, 0.4) is 0 Å². The molecule has 1 aliphatic heterocycles. The van der Waals surface area contributed by atoms with Crippen LogP contribution in [0.25, 0.3) is 0 Å². The second-order valence-corrected chi connectivity index (χ2v) is 6.56. The minimum Gasteiger partial charge on any atom is -0.396 e. The van der Waals surface area contributed by atoms with Crippen molar-refractivity contribution in [3.05, 3.63) is 0 Å². The first kappa shape index (κ1) is 14.8. The summed E-state index contributed by atoms with van der Waals surface area (Å²) < 4.78 is 52.8. The molecule has 6 nitrogen and oxygen atoms in total. The van der Waals surface area contributed by atoms with Crippen molar-refractivity contribution in [3.63, 3.8) is 0 Å². The van der Waals surface area contributed by atoms with Gasteiger partial charge in [-0.3, -0.25) is 4.79 Å². The molecule has 2 rings (SSSR count). The molecule has 1 aliphatic carbocycles. The Balaban J connectivity index is 2.05. The molecule has 2 aliphatic rings. The largest absolute Gasteiger partial charge is 0.396 e. The highest BCUT2D eigenvalue weighted by atomic mass is 32.2. The molecule has 1 saturated carbocycles. The lowest BCUT2D eigenvalue weighted by Crippen LogP contribution is -2.51. The van der Waals surface area contributed by atoms with Gasteiger partial charge in [0.05, 0.1) is 12.1 Å². The molecule has 0 aromatic rings. The Hall–Kier alpha value is -0.640. The molecule has 2 fully saturated rings. The van der Waals surface area contributed by atoms with E-state index in [1.165, 1.54) is 0 Å². The minimum atomic E-state index is -4.36. The van der Waals surface area contributed by atoms with Gasteiger partial charge in [0.1, 0.15) is 0 Å². The predicted molar refractivity (Wildman–Crippen MR) is 62.0 cm³/mol. The van der Waals surface area contributed by atoms with E-state index in [1.54, 1.807) is 4.72 Å². The van der Waals surface area contributed by atoms with Crippen LogP contribution in [0.15, 0.2) is 0 Å². The predicted octanol–water partition coefficient (Wildman–Crippen LogP) is -0.799. The summed E-state index contributed by atoms with van der Waals surface area (Å²) in [6.45, 7) is -0.692. The standard InChI is InChI=1S/C10H16F2N2O4S/c11-10(12)7(3-4-15)13-5-8(10)14-19(17,18)9(16)6-1-2-6/h6-8,13-15H,1-5H2/t7-,8-/m1/s1. The van der Waals surface area contributed by atoms with Crippen LogP contribution in [-0.2, 0) is 14.8 Å². The average molecular weight is 298 g/mol. The third kappa shape index (κ3) is 2.93. The summed E-state index contributed by atoms with van der Waals surface area (Å²) in [5, 5.41) is 10.1. The van der Waals surface area contributed by atoms with Crippen LogP contribution >= 0.6 is 0 Å². The van der Waals surface area contributed by atoms with E-state index in [0.717, 1.165) is 0 Å². The van der Waals surface area contributed by atoms with Gasteiger partial charge in [-0.25, -0.2) is 17.2 Å². The number of carbonyl (C=O) groups is 1. The molecule has 0 aromatic carbocycles. The number of aliphatic hydroxyl groups is 1. The van der Waals surface area contributed by atoms with E-state index in [4.69, 9.17) is 5.11 Å². The molecule has 0 spiro atoms. The first-order valence-electron chi connectivity index (χ1n) is 6.07. The fourth-order valence-corrected chi connectivity index (χ4v) is 3.51. The van der Waals surface area contributed by atoms with Crippen molar-refractivity contribution >= 4 is 15.1 Å². The Morgan fingerprint density at radius 1 is 1.42 bits per heavy atom. The molecule has 9 heteroatoms. The number of carbonyl (C=O) groups excluding carboxylic acids is 1. The zero-order valence-electron chi connectivity index (χ0n) is 10.1. The Morgan fingerprint density at radius 3 is 2.58 bits per heavy atom. The maximum Gasteiger partial charge on any atom is 0.280 e. The summed E-state index contributed by atoms with van der Waals surface area (Å²) in [6.07, 6.45) is 0.806. The van der Waals surface area contributed by atoms with Crippen LogP contribution in [0.2, 0.25) is 0 Å². The lowest BCUT2D eigenvalue weighted by atomic mass is 10.1. The monoisotopic (exact) mass is 298 g/mol. The fraction of sp³-hybridized carbons (Fsp3) is 0.900. The molecule has 19 heavy (non-hydrogen) atoms. The van der Waals surface area contributed by atoms with Crippen molar-refractivity contribution in [2.24, 2.45) is 5.92 Å². The molecule has 1 heterocycles. The SMILES string of the molecule is O=C(C1CC1)S(=O)(=O)N[C@@H]1CN[C@H](CCO)C1(F)F. The molecule has 3 N–H and O–H groups in total. The van der Waals surface area contributed by atoms with Gasteiger partial charge in [-0.1, -0.05) is 0 Å². The van der Waals surface area contributed by atoms with Crippen LogP contribution < -0.4 is 10.0 Å². The van der Waals surface area contributed by atoms with E-state index in [9.17, 15) is 22.0 Å². The third-order valence-electron chi connectivity index (χ3n) is 3.39. The molecule has 110 valence electrons. The van der Waals surface area contributed by atoms with Gasteiger partial charge >= 0.3 is 0 Å². The van der Waals surface area contributed by atoms with Crippen LogP contribution in [0.5, 0.6) is 0 Å². The molecule has 2 atom stereocenters. The Bertz CT molecular complexity index is 464. The molecule has 1 saturated heterocycles. The molecular formula is C10H16F2N2O4S. The number of rotatable bonds is 5. The van der Waals surface area contributed by atoms with Gasteiger partial charge in [0.25, 0.3) is 21.1 Å². The highest BCUT2D eigenvalue weighted by Crippen LogP contribution is 2.33. The van der Waals surface area contributed by atoms with Gasteiger partial charge in [0.15, 0.2) is 0 Å². The van der Waals surface area contributed by atoms with Crippen LogP contribution in [0, 0.1) is 5.92 Å². The van der Waals surface area contributed by atoms with Crippen molar-refractivity contribution in [1.29, 1.82) is 0 Å². The Labute approximate surface area is 109 Å². The first-order chi connectivity index (χ1) is 8.79. The maximum atomic E-state index is 13.9. The normalized spacial score (nSPS) is 30.5. The minimum absolute atomic E-state index is 0.179. The van der Waals surface area contributed by atoms with Crippen molar-refractivity contribution in [2.75, 3.05) is 13.2 Å². The third-order valence-corrected chi connectivity index (χ3v) is 4.85. The van der Waals surface area contributed by atoms with E-state index in [1.807, 2.05) is 0 Å². The molecule has 0 amide bonds. The van der Waals surface area contributed by atoms with Crippen LogP contribution in [0.4, 0.5) is 8.78 Å². The molecule has 0 bridgehead atoms. The number of halogens is 2. The van der Waals surface area contributed by atoms with Gasteiger partial charge in [0.2, 0.25) is 0 Å². The van der Waals surface area contributed by atoms with Gasteiger partial charge in [-0.2, -0.15) is 4.72 Å². The van der Waals surface area contributed by atoms with Crippen LogP contribution in [-0.4, -0.2) is 49.8 Å². The van der Waals surface area contributed by atoms with Crippen molar-refractivity contribution < 1.29 is 27.1 Å². The van der Waals surface area contributed by atoms with Gasteiger partial charge in [-0.15, -0.1) is 0 Å².